The fourth-order valence-corrected chi connectivity index (χ4v) is 4.27. The number of amides is 1. The molecule has 0 aliphatic carbocycles. The first-order valence-electron chi connectivity index (χ1n) is 8.86. The van der Waals surface area contributed by atoms with Crippen LogP contribution in [0.15, 0.2) is 53.5 Å². The quantitative estimate of drug-likeness (QED) is 0.404. The summed E-state index contributed by atoms with van der Waals surface area (Å²) in [5.41, 5.74) is 2.65. The Bertz CT molecular complexity index is 1130. The van der Waals surface area contributed by atoms with Crippen molar-refractivity contribution >= 4 is 45.3 Å². The lowest BCUT2D eigenvalue weighted by Gasteiger charge is -2.04. The number of benzene rings is 1. The minimum absolute atomic E-state index is 0.186. The van der Waals surface area contributed by atoms with E-state index < -0.39 is 0 Å². The molecule has 0 bridgehead atoms. The minimum atomic E-state index is -0.186. The van der Waals surface area contributed by atoms with Crippen molar-refractivity contribution in [3.8, 4) is 17.0 Å². The molecule has 4 rings (SSSR count). The van der Waals surface area contributed by atoms with Crippen LogP contribution in [-0.4, -0.2) is 20.7 Å². The predicted octanol–water partition coefficient (Wildman–Crippen LogP) is 5.57. The Morgan fingerprint density at radius 1 is 1.28 bits per heavy atom. The molecule has 29 heavy (non-hydrogen) atoms. The molecule has 0 radical (unpaired) electrons. The number of thiazole rings is 1. The molecule has 0 atom stereocenters. The minimum Gasteiger partial charge on any atom is -0.489 e. The van der Waals surface area contributed by atoms with Gasteiger partial charge >= 0.3 is 0 Å². The van der Waals surface area contributed by atoms with Gasteiger partial charge in [-0.3, -0.25) is 14.8 Å². The summed E-state index contributed by atoms with van der Waals surface area (Å²) >= 11 is 8.72. The Balaban J connectivity index is 1.37. The fraction of sp³-hybridized carbons (Fsp3) is 0.150. The molecule has 0 fully saturated rings. The monoisotopic (exact) mass is 444 g/mol. The highest BCUT2D eigenvalue weighted by molar-refractivity contribution is 7.14. The van der Waals surface area contributed by atoms with Gasteiger partial charge in [0, 0.05) is 34.3 Å². The summed E-state index contributed by atoms with van der Waals surface area (Å²) in [4.78, 5) is 17.6. The Morgan fingerprint density at radius 3 is 2.97 bits per heavy atom. The molecule has 3 heterocycles. The van der Waals surface area contributed by atoms with Gasteiger partial charge in [-0.15, -0.1) is 22.7 Å². The Kier molecular flexibility index (Phi) is 5.94. The number of hydrogen-bond acceptors (Lipinski definition) is 6. The molecule has 1 amide bonds. The normalized spacial score (nSPS) is 10.8. The van der Waals surface area contributed by atoms with E-state index in [9.17, 15) is 4.79 Å². The highest BCUT2D eigenvalue weighted by Gasteiger charge is 2.13. The lowest BCUT2D eigenvalue weighted by atomic mass is 10.3. The number of aromatic nitrogens is 3. The van der Waals surface area contributed by atoms with E-state index in [-0.39, 0.29) is 5.91 Å². The van der Waals surface area contributed by atoms with Gasteiger partial charge in [0.05, 0.1) is 16.8 Å². The third-order valence-electron chi connectivity index (χ3n) is 4.06. The second-order valence-corrected chi connectivity index (χ2v) is 8.35. The van der Waals surface area contributed by atoms with Crippen LogP contribution in [0.1, 0.15) is 22.2 Å². The van der Waals surface area contributed by atoms with Gasteiger partial charge in [-0.1, -0.05) is 17.7 Å². The second-order valence-electron chi connectivity index (χ2n) is 6.14. The molecule has 0 unspecified atom stereocenters. The maximum Gasteiger partial charge on any atom is 0.267 e. The van der Waals surface area contributed by atoms with E-state index in [4.69, 9.17) is 16.3 Å². The second kappa shape index (κ2) is 8.77. The van der Waals surface area contributed by atoms with E-state index in [0.29, 0.717) is 27.4 Å². The fourth-order valence-electron chi connectivity index (χ4n) is 2.59. The standard InChI is InChI=1S/C20H17ClN4O2S2/c1-2-25-9-14(8-22-25)17-12-29-20(23-17)24-19(26)18-6-13(11-28-18)10-27-16-5-3-4-15(21)7-16/h3-9,11-12H,2,10H2,1H3,(H,23,24,26). The molecule has 1 aromatic carbocycles. The van der Waals surface area contributed by atoms with Crippen LogP contribution in [0.5, 0.6) is 5.75 Å². The molecule has 0 aliphatic rings. The molecule has 0 aliphatic heterocycles. The van der Waals surface area contributed by atoms with E-state index in [1.807, 2.05) is 46.8 Å². The zero-order chi connectivity index (χ0) is 20.2. The van der Waals surface area contributed by atoms with Crippen molar-refractivity contribution in [2.24, 2.45) is 0 Å². The molecule has 1 N–H and O–H groups in total. The van der Waals surface area contributed by atoms with Gasteiger partial charge in [0.15, 0.2) is 5.13 Å². The summed E-state index contributed by atoms with van der Waals surface area (Å²) in [7, 11) is 0. The van der Waals surface area contributed by atoms with Crippen molar-refractivity contribution in [2.75, 3.05) is 5.32 Å². The number of hydrogen-bond donors (Lipinski definition) is 1. The summed E-state index contributed by atoms with van der Waals surface area (Å²) in [5, 5.41) is 12.1. The molecule has 4 aromatic rings. The number of carbonyl (C=O) groups is 1. The van der Waals surface area contributed by atoms with Gasteiger partial charge in [0.2, 0.25) is 0 Å². The van der Waals surface area contributed by atoms with E-state index >= 15 is 0 Å². The summed E-state index contributed by atoms with van der Waals surface area (Å²) in [6.45, 7) is 3.20. The topological polar surface area (TPSA) is 69.0 Å². The molecule has 0 saturated heterocycles. The zero-order valence-corrected chi connectivity index (χ0v) is 17.9. The average Bonchev–Trinajstić information content (AvgIpc) is 3.46. The number of ether oxygens (including phenoxy) is 1. The lowest BCUT2D eigenvalue weighted by molar-refractivity contribution is 0.103. The van der Waals surface area contributed by atoms with Crippen LogP contribution in [0.4, 0.5) is 5.13 Å². The summed E-state index contributed by atoms with van der Waals surface area (Å²) < 4.78 is 7.56. The third-order valence-corrected chi connectivity index (χ3v) is 6.03. The maximum absolute atomic E-state index is 12.5. The van der Waals surface area contributed by atoms with Gasteiger partial charge < -0.3 is 4.74 Å². The predicted molar refractivity (Wildman–Crippen MR) is 117 cm³/mol. The Hall–Kier alpha value is -2.68. The number of thiophene rings is 1. The van der Waals surface area contributed by atoms with E-state index in [1.165, 1.54) is 22.7 Å². The van der Waals surface area contributed by atoms with Crippen molar-refractivity contribution in [3.63, 3.8) is 0 Å². The van der Waals surface area contributed by atoms with Crippen molar-refractivity contribution < 1.29 is 9.53 Å². The van der Waals surface area contributed by atoms with E-state index in [1.54, 1.807) is 18.3 Å². The highest BCUT2D eigenvalue weighted by Crippen LogP contribution is 2.26. The van der Waals surface area contributed by atoms with Crippen LogP contribution >= 0.6 is 34.3 Å². The molecular formula is C20H17ClN4O2S2. The molecular weight excluding hydrogens is 428 g/mol. The largest absolute Gasteiger partial charge is 0.489 e. The van der Waals surface area contributed by atoms with E-state index in [2.05, 4.69) is 15.4 Å². The summed E-state index contributed by atoms with van der Waals surface area (Å²) in [6.07, 6.45) is 3.71. The number of anilines is 1. The number of nitrogens with zero attached hydrogens (tertiary/aromatic N) is 3. The van der Waals surface area contributed by atoms with Crippen LogP contribution in [0.3, 0.4) is 0 Å². The highest BCUT2D eigenvalue weighted by atomic mass is 35.5. The van der Waals surface area contributed by atoms with Crippen molar-refractivity contribution in [1.82, 2.24) is 14.8 Å². The Labute approximate surface area is 180 Å². The lowest BCUT2D eigenvalue weighted by Crippen LogP contribution is -2.09. The van der Waals surface area contributed by atoms with Crippen molar-refractivity contribution in [2.45, 2.75) is 20.1 Å². The number of halogens is 1. The average molecular weight is 445 g/mol. The van der Waals surface area contributed by atoms with Crippen LogP contribution in [0, 0.1) is 0 Å². The van der Waals surface area contributed by atoms with Crippen LogP contribution in [-0.2, 0) is 13.2 Å². The van der Waals surface area contributed by atoms with Crippen LogP contribution < -0.4 is 10.1 Å². The Morgan fingerprint density at radius 2 is 2.17 bits per heavy atom. The van der Waals surface area contributed by atoms with Gasteiger partial charge in [-0.2, -0.15) is 5.10 Å². The molecule has 0 spiro atoms. The number of rotatable bonds is 7. The molecule has 3 aromatic heterocycles. The number of aryl methyl sites for hydroxylation is 1. The molecule has 148 valence electrons. The van der Waals surface area contributed by atoms with Gasteiger partial charge in [-0.05, 0) is 36.6 Å². The van der Waals surface area contributed by atoms with Crippen LogP contribution in [0.2, 0.25) is 5.02 Å². The molecule has 9 heteroatoms. The smallest absolute Gasteiger partial charge is 0.267 e. The zero-order valence-electron chi connectivity index (χ0n) is 15.5. The van der Waals surface area contributed by atoms with E-state index in [0.717, 1.165) is 23.4 Å². The van der Waals surface area contributed by atoms with Crippen molar-refractivity contribution in [3.05, 3.63) is 68.9 Å². The summed E-state index contributed by atoms with van der Waals surface area (Å²) in [6, 6.07) is 9.05. The first-order chi connectivity index (χ1) is 14.1. The summed E-state index contributed by atoms with van der Waals surface area (Å²) in [5.74, 6) is 0.505. The third kappa shape index (κ3) is 4.84. The van der Waals surface area contributed by atoms with Gasteiger partial charge in [-0.25, -0.2) is 4.98 Å². The van der Waals surface area contributed by atoms with Gasteiger partial charge in [0.1, 0.15) is 12.4 Å². The first-order valence-corrected chi connectivity index (χ1v) is 11.0. The molecule has 6 nitrogen and oxygen atoms in total. The first kappa shape index (κ1) is 19.6. The maximum atomic E-state index is 12.5. The van der Waals surface area contributed by atoms with Crippen molar-refractivity contribution in [1.29, 1.82) is 0 Å². The number of nitrogens with one attached hydrogen (secondary N) is 1. The van der Waals surface area contributed by atoms with Gasteiger partial charge in [0.25, 0.3) is 5.91 Å². The SMILES string of the molecule is CCn1cc(-c2csc(NC(=O)c3cc(COc4cccc(Cl)c4)cs3)n2)cn1. The van der Waals surface area contributed by atoms with Crippen LogP contribution in [0.25, 0.3) is 11.3 Å². The molecule has 0 saturated carbocycles. The number of carbonyl (C=O) groups excluding carboxylic acids is 1.